The summed E-state index contributed by atoms with van der Waals surface area (Å²) in [6.07, 6.45) is 1.20. The van der Waals surface area contributed by atoms with E-state index >= 15 is 0 Å². The number of hydrogen-bond acceptors (Lipinski definition) is 2. The summed E-state index contributed by atoms with van der Waals surface area (Å²) in [5.74, 6) is 0.672. The van der Waals surface area contributed by atoms with Crippen LogP contribution < -0.4 is 5.32 Å². The molecule has 0 aliphatic carbocycles. The Morgan fingerprint density at radius 1 is 1.36 bits per heavy atom. The fourth-order valence-corrected chi connectivity index (χ4v) is 1.26. The zero-order valence-electron chi connectivity index (χ0n) is 6.38. The molecule has 0 atom stereocenters. The summed E-state index contributed by atoms with van der Waals surface area (Å²) in [5.41, 5.74) is 0. The number of carbonyl (C=O) groups excluding carboxylic acids is 1. The number of amides is 1. The molecule has 3 nitrogen and oxygen atoms in total. The molecule has 0 aromatic carbocycles. The first-order valence-corrected chi connectivity index (χ1v) is 3.87. The first-order chi connectivity index (χ1) is 4.88. The van der Waals surface area contributed by atoms with Gasteiger partial charge in [-0.25, -0.2) is 0 Å². The molecule has 0 radical (unpaired) electrons. The smallest absolute Gasteiger partial charge is 0.228 e. The van der Waals surface area contributed by atoms with Crippen LogP contribution in [0.2, 0.25) is 0 Å². The molecule has 0 unspecified atom stereocenters. The van der Waals surface area contributed by atoms with Crippen molar-refractivity contribution in [1.82, 2.24) is 10.2 Å². The zero-order valence-corrected chi connectivity index (χ0v) is 7.19. The summed E-state index contributed by atoms with van der Waals surface area (Å²) >= 11 is 0. The van der Waals surface area contributed by atoms with E-state index in [2.05, 4.69) is 5.32 Å². The minimum atomic E-state index is 0. The van der Waals surface area contributed by atoms with Crippen LogP contribution in [-0.4, -0.2) is 37.0 Å². The van der Waals surface area contributed by atoms with Crippen molar-refractivity contribution in [2.75, 3.05) is 26.2 Å². The average Bonchev–Trinajstić information content (AvgIpc) is 1.52. The quantitative estimate of drug-likeness (QED) is 0.603. The molecule has 2 heterocycles. The molecule has 4 heteroatoms. The minimum Gasteiger partial charge on any atom is -0.342 e. The number of halogens is 1. The first-order valence-electron chi connectivity index (χ1n) is 3.87. The van der Waals surface area contributed by atoms with E-state index in [1.54, 1.807) is 0 Å². The molecule has 1 amide bonds. The number of nitrogens with zero attached hydrogens (tertiary/aromatic N) is 1. The van der Waals surface area contributed by atoms with Crippen molar-refractivity contribution in [3.63, 3.8) is 0 Å². The van der Waals surface area contributed by atoms with Gasteiger partial charge < -0.3 is 10.2 Å². The molecule has 0 aromatic heterocycles. The largest absolute Gasteiger partial charge is 0.342 e. The number of hydrogen-bond donors (Lipinski definition) is 1. The molecule has 2 aliphatic rings. The van der Waals surface area contributed by atoms with Crippen LogP contribution in [0.3, 0.4) is 0 Å². The highest BCUT2D eigenvalue weighted by Crippen LogP contribution is 2.13. The molecule has 2 rings (SSSR count). The predicted molar refractivity (Wildman–Crippen MR) is 44.8 cm³/mol. The van der Waals surface area contributed by atoms with Gasteiger partial charge in [-0.3, -0.25) is 4.79 Å². The van der Waals surface area contributed by atoms with E-state index in [-0.39, 0.29) is 12.4 Å². The van der Waals surface area contributed by atoms with Crippen molar-refractivity contribution in [3.05, 3.63) is 0 Å². The van der Waals surface area contributed by atoms with Gasteiger partial charge in [-0.1, -0.05) is 0 Å². The highest BCUT2D eigenvalue weighted by atomic mass is 35.5. The highest BCUT2D eigenvalue weighted by Gasteiger charge is 2.31. The summed E-state index contributed by atoms with van der Waals surface area (Å²) in [4.78, 5) is 13.2. The maximum atomic E-state index is 11.3. The van der Waals surface area contributed by atoms with E-state index < -0.39 is 0 Å². The molecule has 0 saturated carbocycles. The van der Waals surface area contributed by atoms with Crippen molar-refractivity contribution in [2.24, 2.45) is 5.92 Å². The minimum absolute atomic E-state index is 0. The van der Waals surface area contributed by atoms with Gasteiger partial charge in [-0.05, 0) is 6.42 Å². The van der Waals surface area contributed by atoms with Crippen LogP contribution in [0.4, 0.5) is 0 Å². The van der Waals surface area contributed by atoms with Crippen molar-refractivity contribution in [1.29, 1.82) is 0 Å². The Hall–Kier alpha value is -0.280. The molecule has 0 spiro atoms. The normalized spacial score (nSPS) is 23.1. The monoisotopic (exact) mass is 176 g/mol. The second-order valence-electron chi connectivity index (χ2n) is 3.03. The third kappa shape index (κ3) is 1.49. The topological polar surface area (TPSA) is 32.3 Å². The fourth-order valence-electron chi connectivity index (χ4n) is 1.26. The van der Waals surface area contributed by atoms with Crippen LogP contribution in [0, 0.1) is 5.92 Å². The van der Waals surface area contributed by atoms with E-state index in [0.29, 0.717) is 11.8 Å². The van der Waals surface area contributed by atoms with Gasteiger partial charge in [-0.2, -0.15) is 0 Å². The van der Waals surface area contributed by atoms with Gasteiger partial charge in [0.25, 0.3) is 0 Å². The Morgan fingerprint density at radius 2 is 2.00 bits per heavy atom. The third-order valence-corrected chi connectivity index (χ3v) is 2.30. The SMILES string of the molecule is Cl.O=C(C1CNC1)N1CCC1. The van der Waals surface area contributed by atoms with E-state index in [4.69, 9.17) is 0 Å². The number of carbonyl (C=O) groups is 1. The molecule has 64 valence electrons. The van der Waals surface area contributed by atoms with E-state index in [1.807, 2.05) is 4.90 Å². The molecule has 0 bridgehead atoms. The Morgan fingerprint density at radius 3 is 2.27 bits per heavy atom. The Labute approximate surface area is 72.5 Å². The highest BCUT2D eigenvalue weighted by molar-refractivity contribution is 5.85. The summed E-state index contributed by atoms with van der Waals surface area (Å²) in [6, 6.07) is 0. The molecule has 2 saturated heterocycles. The Balaban J connectivity index is 0.000000605. The fraction of sp³-hybridized carbons (Fsp3) is 0.857. The Bertz CT molecular complexity index is 139. The lowest BCUT2D eigenvalue weighted by molar-refractivity contribution is -0.140. The van der Waals surface area contributed by atoms with E-state index in [9.17, 15) is 4.79 Å². The summed E-state index contributed by atoms with van der Waals surface area (Å²) in [6.45, 7) is 3.79. The van der Waals surface area contributed by atoms with Gasteiger partial charge in [0.1, 0.15) is 0 Å². The van der Waals surface area contributed by atoms with Crippen LogP contribution in [-0.2, 0) is 4.79 Å². The first kappa shape index (κ1) is 8.81. The Kier molecular flexibility index (Phi) is 2.73. The maximum Gasteiger partial charge on any atom is 0.228 e. The molecule has 2 fully saturated rings. The molecule has 11 heavy (non-hydrogen) atoms. The van der Waals surface area contributed by atoms with E-state index in [1.165, 1.54) is 6.42 Å². The molecule has 1 N–H and O–H groups in total. The van der Waals surface area contributed by atoms with Crippen LogP contribution in [0.15, 0.2) is 0 Å². The van der Waals surface area contributed by atoms with Crippen LogP contribution in [0.25, 0.3) is 0 Å². The molecule has 2 aliphatic heterocycles. The lowest BCUT2D eigenvalue weighted by Gasteiger charge is -2.37. The lowest BCUT2D eigenvalue weighted by Crippen LogP contribution is -2.55. The third-order valence-electron chi connectivity index (χ3n) is 2.30. The number of rotatable bonds is 1. The van der Waals surface area contributed by atoms with Gasteiger partial charge in [0.05, 0.1) is 5.92 Å². The molecular weight excluding hydrogens is 164 g/mol. The van der Waals surface area contributed by atoms with Gasteiger partial charge in [-0.15, -0.1) is 12.4 Å². The molecule has 0 aromatic rings. The average molecular weight is 177 g/mol. The summed E-state index contributed by atoms with van der Waals surface area (Å²) in [7, 11) is 0. The number of likely N-dealkylation sites (tertiary alicyclic amines) is 1. The second-order valence-corrected chi connectivity index (χ2v) is 3.03. The molecular formula is C7H13ClN2O. The summed E-state index contributed by atoms with van der Waals surface area (Å²) in [5, 5.41) is 3.10. The van der Waals surface area contributed by atoms with Gasteiger partial charge in [0.15, 0.2) is 0 Å². The lowest BCUT2D eigenvalue weighted by atomic mass is 10.00. The van der Waals surface area contributed by atoms with E-state index in [0.717, 1.165) is 26.2 Å². The predicted octanol–water partition coefficient (Wildman–Crippen LogP) is -0.140. The van der Waals surface area contributed by atoms with Crippen LogP contribution in [0.1, 0.15) is 6.42 Å². The van der Waals surface area contributed by atoms with Crippen LogP contribution in [0.5, 0.6) is 0 Å². The van der Waals surface area contributed by atoms with Gasteiger partial charge in [0.2, 0.25) is 5.91 Å². The standard InChI is InChI=1S/C7H12N2O.ClH/c10-7(6-4-8-5-6)9-2-1-3-9;/h6,8H,1-5H2;1H. The van der Waals surface area contributed by atoms with Crippen molar-refractivity contribution in [2.45, 2.75) is 6.42 Å². The van der Waals surface area contributed by atoms with Crippen molar-refractivity contribution >= 4 is 18.3 Å². The van der Waals surface area contributed by atoms with Gasteiger partial charge >= 0.3 is 0 Å². The van der Waals surface area contributed by atoms with Gasteiger partial charge in [0, 0.05) is 26.2 Å². The maximum absolute atomic E-state index is 11.3. The van der Waals surface area contributed by atoms with Crippen molar-refractivity contribution < 1.29 is 4.79 Å². The number of nitrogens with one attached hydrogen (secondary N) is 1. The van der Waals surface area contributed by atoms with Crippen LogP contribution >= 0.6 is 12.4 Å². The van der Waals surface area contributed by atoms with Crippen molar-refractivity contribution in [3.8, 4) is 0 Å². The summed E-state index contributed by atoms with van der Waals surface area (Å²) < 4.78 is 0. The second kappa shape index (κ2) is 3.41. The zero-order chi connectivity index (χ0) is 6.97.